The number of hydrogen-bond acceptors (Lipinski definition) is 1. The zero-order valence-electron chi connectivity index (χ0n) is 10.7. The van der Waals surface area contributed by atoms with E-state index in [1.807, 2.05) is 0 Å². The van der Waals surface area contributed by atoms with Crippen molar-refractivity contribution in [2.24, 2.45) is 5.92 Å². The van der Waals surface area contributed by atoms with Crippen LogP contribution in [0.5, 0.6) is 0 Å². The second-order valence-corrected chi connectivity index (χ2v) is 5.38. The molecule has 1 nitrogen and oxygen atoms in total. The van der Waals surface area contributed by atoms with E-state index in [1.54, 1.807) is 0 Å². The second-order valence-electron chi connectivity index (χ2n) is 5.38. The summed E-state index contributed by atoms with van der Waals surface area (Å²) in [5.41, 5.74) is 2.78. The average molecular weight is 217 g/mol. The van der Waals surface area contributed by atoms with Crippen molar-refractivity contribution < 1.29 is 0 Å². The van der Waals surface area contributed by atoms with Gasteiger partial charge in [-0.1, -0.05) is 29.8 Å². The van der Waals surface area contributed by atoms with Crippen LogP contribution in [-0.2, 0) is 6.42 Å². The molecule has 1 aromatic rings. The standard InChI is InChI=1S/C15H23N/c1-11-4-6-14(7-5-11)10-12(2)16-13(3)15-8-9-15/h4-7,12-13,15-16H,8-10H2,1-3H3. The number of hydrogen-bond donors (Lipinski definition) is 1. The van der Waals surface area contributed by atoms with Crippen molar-refractivity contribution in [3.05, 3.63) is 35.4 Å². The average Bonchev–Trinajstić information content (AvgIpc) is 3.04. The van der Waals surface area contributed by atoms with E-state index in [9.17, 15) is 0 Å². The van der Waals surface area contributed by atoms with E-state index < -0.39 is 0 Å². The summed E-state index contributed by atoms with van der Waals surface area (Å²) in [5, 5.41) is 3.70. The third-order valence-electron chi connectivity index (χ3n) is 3.54. The molecule has 1 aliphatic rings. The molecule has 0 radical (unpaired) electrons. The van der Waals surface area contributed by atoms with Crippen LogP contribution in [-0.4, -0.2) is 12.1 Å². The molecular formula is C15H23N. The van der Waals surface area contributed by atoms with Crippen molar-refractivity contribution in [1.29, 1.82) is 0 Å². The summed E-state index contributed by atoms with van der Waals surface area (Å²) in [6.45, 7) is 6.75. The van der Waals surface area contributed by atoms with Gasteiger partial charge in [0.05, 0.1) is 0 Å². The largest absolute Gasteiger partial charge is 0.311 e. The number of nitrogens with one attached hydrogen (secondary N) is 1. The maximum Gasteiger partial charge on any atom is 0.00817 e. The maximum absolute atomic E-state index is 3.70. The highest BCUT2D eigenvalue weighted by atomic mass is 14.9. The summed E-state index contributed by atoms with van der Waals surface area (Å²) in [4.78, 5) is 0. The lowest BCUT2D eigenvalue weighted by molar-refractivity contribution is 0.430. The molecule has 2 atom stereocenters. The van der Waals surface area contributed by atoms with E-state index in [2.05, 4.69) is 50.4 Å². The lowest BCUT2D eigenvalue weighted by atomic mass is 10.0. The van der Waals surface area contributed by atoms with Crippen molar-refractivity contribution in [2.45, 2.75) is 52.1 Å². The first kappa shape index (κ1) is 11.7. The Morgan fingerprint density at radius 1 is 1.19 bits per heavy atom. The van der Waals surface area contributed by atoms with E-state index in [1.165, 1.54) is 24.0 Å². The molecule has 88 valence electrons. The minimum atomic E-state index is 0.582. The molecule has 2 rings (SSSR count). The monoisotopic (exact) mass is 217 g/mol. The lowest BCUT2D eigenvalue weighted by Crippen LogP contribution is -2.37. The molecular weight excluding hydrogens is 194 g/mol. The van der Waals surface area contributed by atoms with Crippen molar-refractivity contribution in [3.8, 4) is 0 Å². The molecule has 1 saturated carbocycles. The Bertz CT molecular complexity index is 324. The number of benzene rings is 1. The Morgan fingerprint density at radius 3 is 2.38 bits per heavy atom. The fourth-order valence-corrected chi connectivity index (χ4v) is 2.32. The third kappa shape index (κ3) is 3.34. The first-order chi connectivity index (χ1) is 7.65. The zero-order chi connectivity index (χ0) is 11.5. The van der Waals surface area contributed by atoms with Crippen LogP contribution in [0.25, 0.3) is 0 Å². The normalized spacial score (nSPS) is 19.4. The summed E-state index contributed by atoms with van der Waals surface area (Å²) in [6, 6.07) is 10.2. The molecule has 0 spiro atoms. The second kappa shape index (κ2) is 5.01. The molecule has 1 fully saturated rings. The van der Waals surface area contributed by atoms with E-state index in [4.69, 9.17) is 0 Å². The quantitative estimate of drug-likeness (QED) is 0.798. The van der Waals surface area contributed by atoms with Gasteiger partial charge in [-0.15, -0.1) is 0 Å². The lowest BCUT2D eigenvalue weighted by Gasteiger charge is -2.19. The van der Waals surface area contributed by atoms with Gasteiger partial charge in [0.15, 0.2) is 0 Å². The van der Waals surface area contributed by atoms with Gasteiger partial charge in [0.25, 0.3) is 0 Å². The van der Waals surface area contributed by atoms with Crippen LogP contribution in [0.1, 0.15) is 37.8 Å². The van der Waals surface area contributed by atoms with Crippen LogP contribution >= 0.6 is 0 Å². The molecule has 16 heavy (non-hydrogen) atoms. The summed E-state index contributed by atoms with van der Waals surface area (Å²) in [5.74, 6) is 0.945. The molecule has 0 bridgehead atoms. The molecule has 2 unspecified atom stereocenters. The van der Waals surface area contributed by atoms with Crippen molar-refractivity contribution in [1.82, 2.24) is 5.32 Å². The van der Waals surface area contributed by atoms with Gasteiger partial charge >= 0.3 is 0 Å². The minimum Gasteiger partial charge on any atom is -0.311 e. The Balaban J connectivity index is 1.81. The van der Waals surface area contributed by atoms with Gasteiger partial charge in [-0.2, -0.15) is 0 Å². The van der Waals surface area contributed by atoms with E-state index in [0.717, 1.165) is 12.3 Å². The fraction of sp³-hybridized carbons (Fsp3) is 0.600. The van der Waals surface area contributed by atoms with E-state index >= 15 is 0 Å². The summed E-state index contributed by atoms with van der Waals surface area (Å²) >= 11 is 0. The van der Waals surface area contributed by atoms with Crippen LogP contribution in [0.15, 0.2) is 24.3 Å². The molecule has 0 aromatic heterocycles. The highest BCUT2D eigenvalue weighted by Crippen LogP contribution is 2.32. The van der Waals surface area contributed by atoms with Gasteiger partial charge in [0.2, 0.25) is 0 Å². The van der Waals surface area contributed by atoms with Gasteiger partial charge in [-0.05, 0) is 51.5 Å². The molecule has 0 saturated heterocycles. The summed E-state index contributed by atoms with van der Waals surface area (Å²) in [6.07, 6.45) is 3.98. The number of rotatable bonds is 5. The van der Waals surface area contributed by atoms with Gasteiger partial charge in [0.1, 0.15) is 0 Å². The predicted octanol–water partition coefficient (Wildman–Crippen LogP) is 3.31. The predicted molar refractivity (Wildman–Crippen MR) is 69.7 cm³/mol. The van der Waals surface area contributed by atoms with E-state index in [-0.39, 0.29) is 0 Å². The summed E-state index contributed by atoms with van der Waals surface area (Å²) < 4.78 is 0. The summed E-state index contributed by atoms with van der Waals surface area (Å²) in [7, 11) is 0. The van der Waals surface area contributed by atoms with Crippen LogP contribution < -0.4 is 5.32 Å². The molecule has 0 amide bonds. The first-order valence-corrected chi connectivity index (χ1v) is 6.47. The maximum atomic E-state index is 3.70. The highest BCUT2D eigenvalue weighted by molar-refractivity contribution is 5.21. The van der Waals surface area contributed by atoms with Crippen LogP contribution in [0.4, 0.5) is 0 Å². The van der Waals surface area contributed by atoms with Gasteiger partial charge in [-0.3, -0.25) is 0 Å². The molecule has 1 aromatic carbocycles. The van der Waals surface area contributed by atoms with Crippen molar-refractivity contribution >= 4 is 0 Å². The van der Waals surface area contributed by atoms with Gasteiger partial charge < -0.3 is 5.32 Å². The Hall–Kier alpha value is -0.820. The molecule has 1 aliphatic carbocycles. The topological polar surface area (TPSA) is 12.0 Å². The van der Waals surface area contributed by atoms with Crippen LogP contribution in [0, 0.1) is 12.8 Å². The Kier molecular flexibility index (Phi) is 3.65. The third-order valence-corrected chi connectivity index (χ3v) is 3.54. The van der Waals surface area contributed by atoms with Crippen molar-refractivity contribution in [3.63, 3.8) is 0 Å². The van der Waals surface area contributed by atoms with Crippen LogP contribution in [0.2, 0.25) is 0 Å². The molecule has 1 N–H and O–H groups in total. The molecule has 0 heterocycles. The Morgan fingerprint density at radius 2 is 1.81 bits per heavy atom. The Labute approximate surface area is 99.3 Å². The minimum absolute atomic E-state index is 0.582. The van der Waals surface area contributed by atoms with Gasteiger partial charge in [-0.25, -0.2) is 0 Å². The first-order valence-electron chi connectivity index (χ1n) is 6.47. The smallest absolute Gasteiger partial charge is 0.00817 e. The zero-order valence-corrected chi connectivity index (χ0v) is 10.7. The van der Waals surface area contributed by atoms with Crippen molar-refractivity contribution in [2.75, 3.05) is 0 Å². The van der Waals surface area contributed by atoms with E-state index in [0.29, 0.717) is 12.1 Å². The van der Waals surface area contributed by atoms with Crippen LogP contribution in [0.3, 0.4) is 0 Å². The SMILES string of the molecule is Cc1ccc(CC(C)NC(C)C2CC2)cc1. The fourth-order valence-electron chi connectivity index (χ4n) is 2.32. The molecule has 1 heteroatoms. The number of aryl methyl sites for hydroxylation is 1. The van der Waals surface area contributed by atoms with Gasteiger partial charge in [0, 0.05) is 12.1 Å². The highest BCUT2D eigenvalue weighted by Gasteiger charge is 2.28. The molecule has 0 aliphatic heterocycles.